The molecule has 1 aromatic carbocycles. The van der Waals surface area contributed by atoms with Crippen molar-refractivity contribution in [3.8, 4) is 35.0 Å². The molecule has 138 valence electrons. The number of fused-ring (bicyclic) bond motifs is 1. The predicted octanol–water partition coefficient (Wildman–Crippen LogP) is 4.99. The number of ether oxygens (including phenoxy) is 2. The third-order valence-electron chi connectivity index (χ3n) is 5.67. The molecule has 0 aliphatic heterocycles. The van der Waals surface area contributed by atoms with E-state index in [1.54, 1.807) is 7.11 Å². The van der Waals surface area contributed by atoms with Gasteiger partial charge in [0.15, 0.2) is 11.5 Å². The monoisotopic (exact) mass is 360 g/mol. The van der Waals surface area contributed by atoms with Crippen molar-refractivity contribution in [3.05, 3.63) is 48.0 Å². The molecule has 0 heterocycles. The lowest BCUT2D eigenvalue weighted by Crippen LogP contribution is -2.34. The van der Waals surface area contributed by atoms with Crippen LogP contribution < -0.4 is 9.47 Å². The maximum absolute atomic E-state index is 11.5. The molecule has 2 fully saturated rings. The minimum Gasteiger partial charge on any atom is -0.493 e. The third-order valence-corrected chi connectivity index (χ3v) is 5.67. The van der Waals surface area contributed by atoms with Gasteiger partial charge in [-0.1, -0.05) is 30.2 Å². The summed E-state index contributed by atoms with van der Waals surface area (Å²) in [6.07, 6.45) is 10.9. The van der Waals surface area contributed by atoms with Gasteiger partial charge < -0.3 is 9.47 Å². The molecular weight excluding hydrogens is 336 g/mol. The first-order valence-electron chi connectivity index (χ1n) is 9.63. The van der Waals surface area contributed by atoms with Crippen molar-refractivity contribution in [1.29, 1.82) is 0 Å². The summed E-state index contributed by atoms with van der Waals surface area (Å²) >= 11 is 0. The van der Waals surface area contributed by atoms with E-state index in [1.807, 2.05) is 18.2 Å². The second kappa shape index (κ2) is 7.48. The quantitative estimate of drug-likeness (QED) is 0.615. The molecule has 3 nitrogen and oxygen atoms in total. The number of carbonyl (C=O) groups is 1. The molecule has 0 amide bonds. The first kappa shape index (κ1) is 17.7. The molecule has 0 N–H and O–H groups in total. The number of rotatable bonds is 4. The number of methoxy groups -OCH3 is 1. The van der Waals surface area contributed by atoms with Crippen LogP contribution in [0.3, 0.4) is 0 Å². The molecule has 5 rings (SSSR count). The van der Waals surface area contributed by atoms with Crippen molar-refractivity contribution < 1.29 is 14.3 Å². The van der Waals surface area contributed by atoms with E-state index in [2.05, 4.69) is 30.2 Å². The minimum atomic E-state index is -0.280. The van der Waals surface area contributed by atoms with Gasteiger partial charge in [-0.15, -0.1) is 6.42 Å². The molecule has 2 saturated carbocycles. The minimum absolute atomic E-state index is 0.124. The van der Waals surface area contributed by atoms with Gasteiger partial charge in [-0.2, -0.15) is 0 Å². The SMILES string of the molecule is C#CC1C(=O)CC1c1ccc(OC)c(OC2CCCC2)c1.c1cc2cc-2c1. The largest absolute Gasteiger partial charge is 0.493 e. The zero-order valence-electron chi connectivity index (χ0n) is 15.6. The number of terminal acetylenes is 1. The first-order chi connectivity index (χ1) is 13.2. The summed E-state index contributed by atoms with van der Waals surface area (Å²) in [5.74, 6) is 4.13. The number of carbonyl (C=O) groups excluding carboxylic acids is 1. The molecule has 4 aliphatic carbocycles. The van der Waals surface area contributed by atoms with Gasteiger partial charge in [-0.25, -0.2) is 0 Å². The van der Waals surface area contributed by atoms with Crippen molar-refractivity contribution in [2.45, 2.75) is 44.1 Å². The van der Waals surface area contributed by atoms with Gasteiger partial charge in [-0.3, -0.25) is 4.79 Å². The molecule has 4 aliphatic rings. The molecule has 0 radical (unpaired) electrons. The van der Waals surface area contributed by atoms with E-state index >= 15 is 0 Å². The Morgan fingerprint density at radius 1 is 1.04 bits per heavy atom. The van der Waals surface area contributed by atoms with Gasteiger partial charge >= 0.3 is 0 Å². The number of ketones is 1. The average Bonchev–Trinajstić information content (AvgIpc) is 3.05. The third kappa shape index (κ3) is 3.71. The molecule has 2 unspecified atom stereocenters. The molecule has 0 bridgehead atoms. The fraction of sp³-hybridized carbons (Fsp3) is 0.375. The van der Waals surface area contributed by atoms with Gasteiger partial charge in [0.1, 0.15) is 5.78 Å². The van der Waals surface area contributed by atoms with Crippen molar-refractivity contribution in [2.24, 2.45) is 5.92 Å². The number of Topliss-reactive ketones (excluding diaryl/α,β-unsaturated/α-hetero) is 1. The Bertz CT molecular complexity index is 869. The van der Waals surface area contributed by atoms with Crippen LogP contribution in [0.25, 0.3) is 11.1 Å². The van der Waals surface area contributed by atoms with Crippen LogP contribution in [0.15, 0.2) is 42.5 Å². The maximum atomic E-state index is 11.5. The molecule has 3 heteroatoms. The van der Waals surface area contributed by atoms with Crippen LogP contribution in [0.5, 0.6) is 11.5 Å². The summed E-state index contributed by atoms with van der Waals surface area (Å²) in [5.41, 5.74) is 3.93. The summed E-state index contributed by atoms with van der Waals surface area (Å²) in [5, 5.41) is 0. The second-order valence-corrected chi connectivity index (χ2v) is 7.44. The van der Waals surface area contributed by atoms with Gasteiger partial charge in [-0.05, 0) is 60.6 Å². The predicted molar refractivity (Wildman–Crippen MR) is 106 cm³/mol. The topological polar surface area (TPSA) is 35.5 Å². The van der Waals surface area contributed by atoms with E-state index in [1.165, 1.54) is 24.0 Å². The smallest absolute Gasteiger partial charge is 0.161 e. The number of benzene rings is 2. The summed E-state index contributed by atoms with van der Waals surface area (Å²) in [7, 11) is 1.65. The second-order valence-electron chi connectivity index (χ2n) is 7.44. The van der Waals surface area contributed by atoms with Gasteiger partial charge in [0.2, 0.25) is 0 Å². The molecule has 0 spiro atoms. The lowest BCUT2D eigenvalue weighted by molar-refractivity contribution is -0.128. The van der Waals surface area contributed by atoms with Gasteiger partial charge in [0, 0.05) is 12.3 Å². The Morgan fingerprint density at radius 3 is 2.30 bits per heavy atom. The van der Waals surface area contributed by atoms with E-state index in [4.69, 9.17) is 15.9 Å². The Balaban J connectivity index is 0.000000250. The van der Waals surface area contributed by atoms with Crippen LogP contribution in [0.1, 0.15) is 43.6 Å². The molecule has 27 heavy (non-hydrogen) atoms. The molecular formula is C24H24O3. The van der Waals surface area contributed by atoms with E-state index < -0.39 is 0 Å². The summed E-state index contributed by atoms with van der Waals surface area (Å²) in [6, 6.07) is 14.4. The van der Waals surface area contributed by atoms with Crippen LogP contribution in [-0.4, -0.2) is 19.0 Å². The summed E-state index contributed by atoms with van der Waals surface area (Å²) in [4.78, 5) is 11.5. The zero-order valence-corrected chi connectivity index (χ0v) is 15.6. The Hall–Kier alpha value is -2.73. The highest BCUT2D eigenvalue weighted by atomic mass is 16.5. The summed E-state index contributed by atoms with van der Waals surface area (Å²) < 4.78 is 11.5. The lowest BCUT2D eigenvalue weighted by Gasteiger charge is -2.32. The fourth-order valence-electron chi connectivity index (χ4n) is 3.92. The van der Waals surface area contributed by atoms with E-state index in [0.29, 0.717) is 6.42 Å². The van der Waals surface area contributed by atoms with Crippen molar-refractivity contribution in [2.75, 3.05) is 7.11 Å². The highest BCUT2D eigenvalue weighted by molar-refractivity contribution is 5.92. The standard InChI is InChI=1S/C18H20O3.C6H4/c1-3-14-15(11-16(14)19)12-8-9-17(20-2)18(10-12)21-13-6-4-5-7-13;1-2-5-4-6(5)3-1/h1,8-10,13-15H,4-7,11H2,2H3;1-4H. The van der Waals surface area contributed by atoms with Crippen LogP contribution >= 0.6 is 0 Å². The van der Waals surface area contributed by atoms with Crippen molar-refractivity contribution in [1.82, 2.24) is 0 Å². The molecule has 1 aromatic rings. The lowest BCUT2D eigenvalue weighted by atomic mass is 9.69. The molecule has 0 aromatic heterocycles. The van der Waals surface area contributed by atoms with E-state index in [-0.39, 0.29) is 23.7 Å². The number of hydrogen-bond acceptors (Lipinski definition) is 3. The average molecular weight is 360 g/mol. The highest BCUT2D eigenvalue weighted by Crippen LogP contribution is 2.42. The number of hydrogen-bond donors (Lipinski definition) is 0. The van der Waals surface area contributed by atoms with E-state index in [0.717, 1.165) is 29.9 Å². The van der Waals surface area contributed by atoms with Crippen molar-refractivity contribution >= 4 is 5.78 Å². The van der Waals surface area contributed by atoms with Crippen LogP contribution in [0, 0.1) is 18.3 Å². The van der Waals surface area contributed by atoms with Gasteiger partial charge in [0.25, 0.3) is 0 Å². The fourth-order valence-corrected chi connectivity index (χ4v) is 3.92. The maximum Gasteiger partial charge on any atom is 0.161 e. The summed E-state index contributed by atoms with van der Waals surface area (Å²) in [6.45, 7) is 0. The Morgan fingerprint density at radius 2 is 1.78 bits per heavy atom. The molecule has 0 saturated heterocycles. The Labute approximate surface area is 160 Å². The van der Waals surface area contributed by atoms with Crippen LogP contribution in [0.4, 0.5) is 0 Å². The van der Waals surface area contributed by atoms with E-state index in [9.17, 15) is 4.79 Å². The first-order valence-corrected chi connectivity index (χ1v) is 9.63. The van der Waals surface area contributed by atoms with Crippen LogP contribution in [0.2, 0.25) is 0 Å². The van der Waals surface area contributed by atoms with Crippen molar-refractivity contribution in [3.63, 3.8) is 0 Å². The van der Waals surface area contributed by atoms with Gasteiger partial charge in [0.05, 0.1) is 19.1 Å². The zero-order chi connectivity index (χ0) is 18.8. The highest BCUT2D eigenvalue weighted by Gasteiger charge is 2.39. The normalized spacial score (nSPS) is 22.1. The Kier molecular flexibility index (Phi) is 4.90. The molecule has 2 atom stereocenters. The van der Waals surface area contributed by atoms with Crippen LogP contribution in [-0.2, 0) is 4.79 Å².